The molecule has 2 saturated carbocycles. The van der Waals surface area contributed by atoms with Gasteiger partial charge in [0.05, 0.1) is 0 Å². The largest absolute Gasteiger partial charge is 0.450 e. The van der Waals surface area contributed by atoms with E-state index in [9.17, 15) is 14.4 Å². The van der Waals surface area contributed by atoms with E-state index in [2.05, 4.69) is 26.0 Å². The molecule has 152 valence electrons. The molecule has 0 saturated heterocycles. The lowest BCUT2D eigenvalue weighted by molar-refractivity contribution is -0.186. The van der Waals surface area contributed by atoms with Gasteiger partial charge in [0.1, 0.15) is 0 Å². The van der Waals surface area contributed by atoms with E-state index in [1.165, 1.54) is 5.57 Å². The number of fused-ring (bicyclic) bond motifs is 5. The van der Waals surface area contributed by atoms with E-state index in [0.717, 1.165) is 25.7 Å². The van der Waals surface area contributed by atoms with Crippen molar-refractivity contribution in [3.05, 3.63) is 23.8 Å². The summed E-state index contributed by atoms with van der Waals surface area (Å²) >= 11 is 0. The summed E-state index contributed by atoms with van der Waals surface area (Å²) in [6, 6.07) is 0. The maximum atomic E-state index is 12.8. The van der Waals surface area contributed by atoms with Gasteiger partial charge in [-0.3, -0.25) is 14.4 Å². The number of rotatable bonds is 3. The highest BCUT2D eigenvalue weighted by Gasteiger charge is 2.67. The minimum absolute atomic E-state index is 0.00685. The van der Waals surface area contributed by atoms with Crippen LogP contribution in [0.1, 0.15) is 72.6 Å². The summed E-state index contributed by atoms with van der Waals surface area (Å²) in [6.45, 7) is 7.87. The summed E-state index contributed by atoms with van der Waals surface area (Å²) in [5.74, 6) is 1.13. The van der Waals surface area contributed by atoms with Gasteiger partial charge in [-0.15, -0.1) is 0 Å². The fourth-order valence-electron chi connectivity index (χ4n) is 7.08. The summed E-state index contributed by atoms with van der Waals surface area (Å²) in [7, 11) is 0. The molecule has 4 rings (SSSR count). The average molecular weight is 385 g/mol. The van der Waals surface area contributed by atoms with Crippen molar-refractivity contribution in [1.29, 1.82) is 0 Å². The van der Waals surface area contributed by atoms with Gasteiger partial charge in [0.25, 0.3) is 0 Å². The zero-order chi connectivity index (χ0) is 20.3. The standard InChI is InChI=1S/C24H32O4/c1-5-21(27)28-24(15(2)25)13-10-20-18-7-6-16-14-17(26)8-11-22(16,3)19(18)9-12-23(20,24)4/h6-7,14,18-20H,5,8-13H2,1-4H3/t18-,19+,20+,22+,23+,24+/m1/s1. The monoisotopic (exact) mass is 384 g/mol. The first kappa shape index (κ1) is 19.6. The van der Waals surface area contributed by atoms with Crippen molar-refractivity contribution in [2.45, 2.75) is 78.2 Å². The number of esters is 1. The minimum Gasteiger partial charge on any atom is -0.450 e. The smallest absolute Gasteiger partial charge is 0.306 e. The number of carbonyl (C=O) groups is 3. The average Bonchev–Trinajstić information content (AvgIpc) is 2.95. The van der Waals surface area contributed by atoms with Gasteiger partial charge in [0.15, 0.2) is 17.2 Å². The highest BCUT2D eigenvalue weighted by Crippen LogP contribution is 2.67. The molecule has 0 aliphatic heterocycles. The van der Waals surface area contributed by atoms with Crippen molar-refractivity contribution in [3.63, 3.8) is 0 Å². The summed E-state index contributed by atoms with van der Waals surface area (Å²) in [6.07, 6.45) is 11.6. The van der Waals surface area contributed by atoms with Crippen LogP contribution in [0.3, 0.4) is 0 Å². The van der Waals surface area contributed by atoms with Crippen LogP contribution in [-0.4, -0.2) is 23.1 Å². The van der Waals surface area contributed by atoms with Crippen LogP contribution in [0.15, 0.2) is 23.8 Å². The Balaban J connectivity index is 1.73. The Morgan fingerprint density at radius 2 is 1.86 bits per heavy atom. The Labute approximate surface area is 167 Å². The topological polar surface area (TPSA) is 60.4 Å². The first-order valence-electron chi connectivity index (χ1n) is 10.8. The summed E-state index contributed by atoms with van der Waals surface area (Å²) in [5, 5.41) is 0. The van der Waals surface area contributed by atoms with E-state index in [-0.39, 0.29) is 28.4 Å². The van der Waals surface area contributed by atoms with Crippen LogP contribution in [0, 0.1) is 28.6 Å². The highest BCUT2D eigenvalue weighted by molar-refractivity contribution is 5.92. The first-order chi connectivity index (χ1) is 13.2. The van der Waals surface area contributed by atoms with Gasteiger partial charge in [-0.25, -0.2) is 0 Å². The molecule has 6 atom stereocenters. The Bertz CT molecular complexity index is 792. The summed E-state index contributed by atoms with van der Waals surface area (Å²) in [4.78, 5) is 37.0. The first-order valence-corrected chi connectivity index (χ1v) is 10.8. The molecule has 0 N–H and O–H groups in total. The molecule has 2 fully saturated rings. The van der Waals surface area contributed by atoms with Gasteiger partial charge in [-0.05, 0) is 73.8 Å². The molecule has 28 heavy (non-hydrogen) atoms. The predicted octanol–water partition coefficient (Wildman–Crippen LogP) is 4.58. The van der Waals surface area contributed by atoms with Gasteiger partial charge in [0.2, 0.25) is 0 Å². The van der Waals surface area contributed by atoms with E-state index >= 15 is 0 Å². The third-order valence-corrected chi connectivity index (χ3v) is 8.78. The predicted molar refractivity (Wildman–Crippen MR) is 106 cm³/mol. The SMILES string of the molecule is CCC(=O)O[C@]1(C(C)=O)CC[C@H]2[C@@H]3C=CC4=CC(=O)CC[C@]4(C)[C@H]3CC[C@@]21C. The van der Waals surface area contributed by atoms with Crippen molar-refractivity contribution >= 4 is 17.5 Å². The number of allylic oxidation sites excluding steroid dienone is 4. The summed E-state index contributed by atoms with van der Waals surface area (Å²) < 4.78 is 5.94. The van der Waals surface area contributed by atoms with E-state index in [1.807, 2.05) is 6.08 Å². The zero-order valence-electron chi connectivity index (χ0n) is 17.5. The number of ketones is 2. The van der Waals surface area contributed by atoms with Crippen LogP contribution in [0.25, 0.3) is 0 Å². The third kappa shape index (κ3) is 2.45. The van der Waals surface area contributed by atoms with Crippen LogP contribution in [0.2, 0.25) is 0 Å². The van der Waals surface area contributed by atoms with Gasteiger partial charge in [-0.2, -0.15) is 0 Å². The lowest BCUT2D eigenvalue weighted by Crippen LogP contribution is -2.58. The van der Waals surface area contributed by atoms with Crippen molar-refractivity contribution in [2.75, 3.05) is 0 Å². The van der Waals surface area contributed by atoms with Crippen LogP contribution in [0.5, 0.6) is 0 Å². The van der Waals surface area contributed by atoms with E-state index in [4.69, 9.17) is 4.74 Å². The highest BCUT2D eigenvalue weighted by atomic mass is 16.6. The molecule has 0 amide bonds. The molecule has 0 bridgehead atoms. The molecular weight excluding hydrogens is 352 g/mol. The molecule has 4 aliphatic carbocycles. The molecular formula is C24H32O4. The Kier molecular flexibility index (Phi) is 4.48. The molecule has 0 aromatic heterocycles. The Morgan fingerprint density at radius 1 is 1.14 bits per heavy atom. The normalized spacial score (nSPS) is 44.2. The fraction of sp³-hybridized carbons (Fsp3) is 0.708. The van der Waals surface area contributed by atoms with Gasteiger partial charge >= 0.3 is 5.97 Å². The molecule has 0 aromatic rings. The van der Waals surface area contributed by atoms with Crippen LogP contribution in [0.4, 0.5) is 0 Å². The number of Topliss-reactive ketones (excluding diaryl/α,β-unsaturated/α-hetero) is 1. The molecule has 4 nitrogen and oxygen atoms in total. The molecule has 4 aliphatic rings. The number of carbonyl (C=O) groups excluding carboxylic acids is 3. The van der Waals surface area contributed by atoms with Gasteiger partial charge < -0.3 is 4.74 Å². The number of hydrogen-bond donors (Lipinski definition) is 0. The quantitative estimate of drug-likeness (QED) is 0.669. The zero-order valence-corrected chi connectivity index (χ0v) is 17.5. The number of ether oxygens (including phenoxy) is 1. The second-order valence-corrected chi connectivity index (χ2v) is 9.84. The molecule has 0 heterocycles. The third-order valence-electron chi connectivity index (χ3n) is 8.78. The lowest BCUT2D eigenvalue weighted by atomic mass is 9.48. The molecule has 4 heteroatoms. The second kappa shape index (κ2) is 6.40. The molecule has 0 radical (unpaired) electrons. The Hall–Kier alpha value is -1.71. The van der Waals surface area contributed by atoms with E-state index in [0.29, 0.717) is 37.0 Å². The van der Waals surface area contributed by atoms with Crippen LogP contribution in [-0.2, 0) is 19.1 Å². The van der Waals surface area contributed by atoms with Crippen molar-refractivity contribution in [3.8, 4) is 0 Å². The minimum atomic E-state index is -0.983. The van der Waals surface area contributed by atoms with Crippen molar-refractivity contribution in [1.82, 2.24) is 0 Å². The maximum absolute atomic E-state index is 12.8. The van der Waals surface area contributed by atoms with Crippen LogP contribution < -0.4 is 0 Å². The van der Waals surface area contributed by atoms with E-state index < -0.39 is 5.60 Å². The number of hydrogen-bond acceptors (Lipinski definition) is 4. The summed E-state index contributed by atoms with van der Waals surface area (Å²) in [5.41, 5.74) is -0.0850. The van der Waals surface area contributed by atoms with Crippen LogP contribution >= 0.6 is 0 Å². The molecule has 0 unspecified atom stereocenters. The maximum Gasteiger partial charge on any atom is 0.306 e. The molecule has 0 aromatic carbocycles. The lowest BCUT2D eigenvalue weighted by Gasteiger charge is -2.57. The van der Waals surface area contributed by atoms with Gasteiger partial charge in [-0.1, -0.05) is 32.9 Å². The fourth-order valence-corrected chi connectivity index (χ4v) is 7.08. The van der Waals surface area contributed by atoms with Gasteiger partial charge in [0, 0.05) is 18.3 Å². The van der Waals surface area contributed by atoms with E-state index in [1.54, 1.807) is 13.8 Å². The van der Waals surface area contributed by atoms with Crippen molar-refractivity contribution < 1.29 is 19.1 Å². The molecule has 0 spiro atoms. The Morgan fingerprint density at radius 3 is 2.54 bits per heavy atom. The van der Waals surface area contributed by atoms with Crippen molar-refractivity contribution in [2.24, 2.45) is 28.6 Å². The second-order valence-electron chi connectivity index (χ2n) is 9.84.